The van der Waals surface area contributed by atoms with E-state index in [2.05, 4.69) is 6.42 Å². The van der Waals surface area contributed by atoms with Gasteiger partial charge in [0.15, 0.2) is 5.72 Å². The van der Waals surface area contributed by atoms with Gasteiger partial charge in [0.25, 0.3) is 5.91 Å². The molecule has 4 heteroatoms. The predicted molar refractivity (Wildman–Crippen MR) is 44.9 cm³/mol. The molecular formula is C8H15N2O2. The number of hydrogen-bond donors (Lipinski definition) is 2. The van der Waals surface area contributed by atoms with Crippen LogP contribution in [-0.4, -0.2) is 34.7 Å². The molecule has 1 unspecified atom stereocenters. The number of amides is 1. The van der Waals surface area contributed by atoms with Gasteiger partial charge in [-0.25, -0.2) is 0 Å². The maximum absolute atomic E-state index is 10.8. The van der Waals surface area contributed by atoms with E-state index in [4.69, 9.17) is 5.73 Å². The Kier molecular flexibility index (Phi) is 2.69. The smallest absolute Gasteiger partial charge is 0.264 e. The minimum absolute atomic E-state index is 0.676. The quantitative estimate of drug-likeness (QED) is 0.587. The van der Waals surface area contributed by atoms with Crippen LogP contribution in [0, 0.1) is 6.42 Å². The monoisotopic (exact) mass is 171 g/mol. The third kappa shape index (κ3) is 1.76. The minimum atomic E-state index is -1.48. The van der Waals surface area contributed by atoms with Crippen molar-refractivity contribution in [2.45, 2.75) is 25.5 Å². The first kappa shape index (κ1) is 9.48. The molecule has 1 saturated heterocycles. The number of primary amides is 1. The van der Waals surface area contributed by atoms with Gasteiger partial charge in [-0.1, -0.05) is 0 Å². The molecule has 0 aromatic rings. The number of carbonyl (C=O) groups is 1. The summed E-state index contributed by atoms with van der Waals surface area (Å²) in [5.74, 6) is -0.676. The molecule has 12 heavy (non-hydrogen) atoms. The zero-order chi connectivity index (χ0) is 9.19. The van der Waals surface area contributed by atoms with Crippen LogP contribution < -0.4 is 5.73 Å². The molecule has 1 atom stereocenters. The molecule has 1 aliphatic heterocycles. The van der Waals surface area contributed by atoms with Gasteiger partial charge in [0, 0.05) is 13.1 Å². The SMILES string of the molecule is CC(O)(C(N)=O)N1CC[CH]CC1. The molecule has 0 aromatic carbocycles. The molecule has 1 fully saturated rings. The van der Waals surface area contributed by atoms with Gasteiger partial charge in [-0.2, -0.15) is 0 Å². The van der Waals surface area contributed by atoms with Gasteiger partial charge in [-0.3, -0.25) is 9.69 Å². The highest BCUT2D eigenvalue weighted by molar-refractivity contribution is 5.82. The van der Waals surface area contributed by atoms with Crippen molar-refractivity contribution in [1.29, 1.82) is 0 Å². The first-order chi connectivity index (χ1) is 5.55. The fourth-order valence-corrected chi connectivity index (χ4v) is 1.34. The van der Waals surface area contributed by atoms with Crippen LogP contribution in [0.4, 0.5) is 0 Å². The highest BCUT2D eigenvalue weighted by atomic mass is 16.3. The lowest BCUT2D eigenvalue weighted by Gasteiger charge is -2.36. The predicted octanol–water partition coefficient (Wildman–Crippen LogP) is -0.520. The Morgan fingerprint density at radius 3 is 2.50 bits per heavy atom. The lowest BCUT2D eigenvalue weighted by atomic mass is 10.1. The molecule has 69 valence electrons. The van der Waals surface area contributed by atoms with Gasteiger partial charge in [-0.15, -0.1) is 0 Å². The lowest BCUT2D eigenvalue weighted by molar-refractivity contribution is -0.157. The van der Waals surface area contributed by atoms with Crippen LogP contribution in [0.5, 0.6) is 0 Å². The van der Waals surface area contributed by atoms with Gasteiger partial charge in [0.2, 0.25) is 0 Å². The molecule has 4 nitrogen and oxygen atoms in total. The minimum Gasteiger partial charge on any atom is -0.367 e. The Morgan fingerprint density at radius 2 is 2.08 bits per heavy atom. The highest BCUT2D eigenvalue weighted by Gasteiger charge is 2.35. The largest absolute Gasteiger partial charge is 0.367 e. The van der Waals surface area contributed by atoms with Crippen molar-refractivity contribution in [1.82, 2.24) is 4.90 Å². The Morgan fingerprint density at radius 1 is 1.58 bits per heavy atom. The summed E-state index contributed by atoms with van der Waals surface area (Å²) in [5, 5.41) is 9.65. The fraction of sp³-hybridized carbons (Fsp3) is 0.750. The number of nitrogens with zero attached hydrogens (tertiary/aromatic N) is 1. The zero-order valence-electron chi connectivity index (χ0n) is 7.29. The normalized spacial score (nSPS) is 24.8. The molecule has 1 aliphatic rings. The number of rotatable bonds is 2. The summed E-state index contributed by atoms with van der Waals surface area (Å²) >= 11 is 0. The Bertz CT molecular complexity index is 174. The van der Waals surface area contributed by atoms with Crippen molar-refractivity contribution in [3.8, 4) is 0 Å². The van der Waals surface area contributed by atoms with Crippen molar-refractivity contribution in [2.75, 3.05) is 13.1 Å². The number of hydrogen-bond acceptors (Lipinski definition) is 3. The third-order valence-corrected chi connectivity index (χ3v) is 2.29. The molecule has 0 bridgehead atoms. The maximum Gasteiger partial charge on any atom is 0.264 e. The van der Waals surface area contributed by atoms with Crippen LogP contribution in [0.25, 0.3) is 0 Å². The van der Waals surface area contributed by atoms with Gasteiger partial charge < -0.3 is 10.8 Å². The van der Waals surface area contributed by atoms with E-state index >= 15 is 0 Å². The number of piperidine rings is 1. The first-order valence-corrected chi connectivity index (χ1v) is 4.14. The van der Waals surface area contributed by atoms with E-state index < -0.39 is 11.6 Å². The molecule has 0 saturated carbocycles. The number of likely N-dealkylation sites (tertiary alicyclic amines) is 1. The van der Waals surface area contributed by atoms with Crippen LogP contribution in [0.1, 0.15) is 19.8 Å². The Hall–Kier alpha value is -0.610. The standard InChI is InChI=1S/C8H15N2O2/c1-8(12,7(9)11)10-5-3-2-4-6-10/h2,12H,3-6H2,1H3,(H2,9,11). The summed E-state index contributed by atoms with van der Waals surface area (Å²) in [6.07, 6.45) is 3.96. The molecule has 1 heterocycles. The van der Waals surface area contributed by atoms with Crippen LogP contribution in [0.15, 0.2) is 0 Å². The van der Waals surface area contributed by atoms with Crippen LogP contribution in [0.2, 0.25) is 0 Å². The van der Waals surface area contributed by atoms with E-state index in [1.807, 2.05) is 0 Å². The van der Waals surface area contributed by atoms with Crippen LogP contribution in [0.3, 0.4) is 0 Å². The number of aliphatic hydroxyl groups is 1. The third-order valence-electron chi connectivity index (χ3n) is 2.29. The number of carbonyl (C=O) groups excluding carboxylic acids is 1. The van der Waals surface area contributed by atoms with Crippen LogP contribution in [-0.2, 0) is 4.79 Å². The second kappa shape index (κ2) is 3.41. The van der Waals surface area contributed by atoms with Crippen LogP contribution >= 0.6 is 0 Å². The van der Waals surface area contributed by atoms with Gasteiger partial charge in [0.05, 0.1) is 0 Å². The highest BCUT2D eigenvalue weighted by Crippen LogP contribution is 2.17. The summed E-state index contributed by atoms with van der Waals surface area (Å²) < 4.78 is 0. The molecular weight excluding hydrogens is 156 g/mol. The second-order valence-corrected chi connectivity index (χ2v) is 3.24. The van der Waals surface area contributed by atoms with E-state index in [-0.39, 0.29) is 0 Å². The van der Waals surface area contributed by atoms with E-state index in [0.717, 1.165) is 12.8 Å². The van der Waals surface area contributed by atoms with Crippen molar-refractivity contribution < 1.29 is 9.90 Å². The van der Waals surface area contributed by atoms with Gasteiger partial charge >= 0.3 is 0 Å². The van der Waals surface area contributed by atoms with E-state index in [1.54, 1.807) is 4.90 Å². The molecule has 1 radical (unpaired) electrons. The molecule has 3 N–H and O–H groups in total. The van der Waals surface area contributed by atoms with Crippen molar-refractivity contribution in [2.24, 2.45) is 5.73 Å². The molecule has 1 rings (SSSR count). The summed E-state index contributed by atoms with van der Waals surface area (Å²) in [4.78, 5) is 12.5. The Labute approximate surface area is 72.3 Å². The average molecular weight is 171 g/mol. The van der Waals surface area contributed by atoms with Crippen molar-refractivity contribution in [3.63, 3.8) is 0 Å². The van der Waals surface area contributed by atoms with E-state index in [9.17, 15) is 9.90 Å². The summed E-state index contributed by atoms with van der Waals surface area (Å²) in [6, 6.07) is 0. The maximum atomic E-state index is 10.8. The molecule has 0 spiro atoms. The summed E-state index contributed by atoms with van der Waals surface area (Å²) in [7, 11) is 0. The van der Waals surface area contributed by atoms with E-state index in [0.29, 0.717) is 13.1 Å². The summed E-state index contributed by atoms with van der Waals surface area (Å²) in [5.41, 5.74) is 3.58. The fourth-order valence-electron chi connectivity index (χ4n) is 1.34. The van der Waals surface area contributed by atoms with Crippen molar-refractivity contribution >= 4 is 5.91 Å². The number of nitrogens with two attached hydrogens (primary N) is 1. The summed E-state index contributed by atoms with van der Waals surface area (Å²) in [6.45, 7) is 2.85. The van der Waals surface area contributed by atoms with Gasteiger partial charge in [0.1, 0.15) is 0 Å². The lowest BCUT2D eigenvalue weighted by Crippen LogP contribution is -2.57. The molecule has 1 amide bonds. The van der Waals surface area contributed by atoms with Crippen molar-refractivity contribution in [3.05, 3.63) is 6.42 Å². The second-order valence-electron chi connectivity index (χ2n) is 3.24. The van der Waals surface area contributed by atoms with Gasteiger partial charge in [-0.05, 0) is 26.2 Å². The topological polar surface area (TPSA) is 66.6 Å². The molecule has 0 aromatic heterocycles. The zero-order valence-corrected chi connectivity index (χ0v) is 7.29. The Balaban J connectivity index is 2.59. The van der Waals surface area contributed by atoms with E-state index in [1.165, 1.54) is 6.92 Å². The first-order valence-electron chi connectivity index (χ1n) is 4.14. The average Bonchev–Trinajstić information content (AvgIpc) is 2.06. The molecule has 0 aliphatic carbocycles.